The molecule has 2 heterocycles. The number of carbonyl (C=O) groups excluding carboxylic acids is 1. The van der Waals surface area contributed by atoms with Crippen molar-refractivity contribution in [3.05, 3.63) is 52.3 Å². The summed E-state index contributed by atoms with van der Waals surface area (Å²) in [4.78, 5) is 35.1. The van der Waals surface area contributed by atoms with E-state index in [4.69, 9.17) is 5.11 Å². The number of nitro groups is 1. The molecule has 1 aliphatic rings. The number of amides is 1. The van der Waals surface area contributed by atoms with E-state index in [1.54, 1.807) is 6.20 Å². The third-order valence-corrected chi connectivity index (χ3v) is 3.93. The largest absolute Gasteiger partial charge is 0.480 e. The SMILES string of the molecule is O=C(O)[C@@H]1CCCN1C(=O)c1ccn(-c2ccc([N+](=O)[O-])cc2)n1. The molecule has 0 unspecified atom stereocenters. The molecule has 3 rings (SSSR count). The van der Waals surface area contributed by atoms with E-state index in [1.165, 1.54) is 39.9 Å². The lowest BCUT2D eigenvalue weighted by molar-refractivity contribution is -0.384. The van der Waals surface area contributed by atoms with Gasteiger partial charge in [0.2, 0.25) is 0 Å². The van der Waals surface area contributed by atoms with Crippen LogP contribution in [0.4, 0.5) is 5.69 Å². The minimum absolute atomic E-state index is 0.0384. The van der Waals surface area contributed by atoms with Gasteiger partial charge in [-0.15, -0.1) is 0 Å². The summed E-state index contributed by atoms with van der Waals surface area (Å²) in [5, 5.41) is 24.0. The zero-order valence-corrected chi connectivity index (χ0v) is 12.5. The Bertz CT molecular complexity index is 798. The Morgan fingerprint density at radius 3 is 2.58 bits per heavy atom. The van der Waals surface area contributed by atoms with Crippen molar-refractivity contribution in [2.24, 2.45) is 0 Å². The van der Waals surface area contributed by atoms with E-state index in [0.717, 1.165) is 0 Å². The first-order chi connectivity index (χ1) is 11.5. The highest BCUT2D eigenvalue weighted by molar-refractivity contribution is 5.95. The third-order valence-electron chi connectivity index (χ3n) is 3.93. The minimum atomic E-state index is -1.02. The lowest BCUT2D eigenvalue weighted by atomic mass is 10.2. The van der Waals surface area contributed by atoms with Crippen molar-refractivity contribution < 1.29 is 19.6 Å². The van der Waals surface area contributed by atoms with E-state index in [0.29, 0.717) is 25.1 Å². The summed E-state index contributed by atoms with van der Waals surface area (Å²) in [6.07, 6.45) is 2.64. The highest BCUT2D eigenvalue weighted by Crippen LogP contribution is 2.20. The van der Waals surface area contributed by atoms with Crippen molar-refractivity contribution in [3.63, 3.8) is 0 Å². The van der Waals surface area contributed by atoms with Crippen LogP contribution in [0.1, 0.15) is 23.3 Å². The molecule has 1 N–H and O–H groups in total. The fraction of sp³-hybridized carbons (Fsp3) is 0.267. The molecule has 0 bridgehead atoms. The summed E-state index contributed by atoms with van der Waals surface area (Å²) in [6, 6.07) is 6.42. The molecule has 1 aliphatic heterocycles. The van der Waals surface area contributed by atoms with Crippen molar-refractivity contribution in [3.8, 4) is 5.69 Å². The molecule has 1 atom stereocenters. The highest BCUT2D eigenvalue weighted by Gasteiger charge is 2.35. The van der Waals surface area contributed by atoms with Crippen LogP contribution < -0.4 is 0 Å². The average molecular weight is 330 g/mol. The molecular weight excluding hydrogens is 316 g/mol. The summed E-state index contributed by atoms with van der Waals surface area (Å²) in [7, 11) is 0. The van der Waals surface area contributed by atoms with Crippen molar-refractivity contribution in [2.45, 2.75) is 18.9 Å². The normalized spacial score (nSPS) is 17.0. The Labute approximate surface area is 136 Å². The van der Waals surface area contributed by atoms with Gasteiger partial charge < -0.3 is 10.0 Å². The Balaban J connectivity index is 1.81. The van der Waals surface area contributed by atoms with Gasteiger partial charge in [-0.05, 0) is 31.0 Å². The molecule has 9 nitrogen and oxygen atoms in total. The molecule has 0 saturated carbocycles. The molecule has 0 radical (unpaired) electrons. The lowest BCUT2D eigenvalue weighted by Crippen LogP contribution is -2.40. The summed E-state index contributed by atoms with van der Waals surface area (Å²) in [5.74, 6) is -1.45. The number of aliphatic carboxylic acids is 1. The Morgan fingerprint density at radius 1 is 1.25 bits per heavy atom. The maximum atomic E-state index is 12.4. The van der Waals surface area contributed by atoms with Gasteiger partial charge >= 0.3 is 5.97 Å². The van der Waals surface area contributed by atoms with E-state index in [-0.39, 0.29) is 11.4 Å². The number of non-ortho nitro benzene ring substituents is 1. The van der Waals surface area contributed by atoms with Crippen LogP contribution >= 0.6 is 0 Å². The van der Waals surface area contributed by atoms with Crippen LogP contribution in [0.25, 0.3) is 5.69 Å². The Morgan fingerprint density at radius 2 is 1.96 bits per heavy atom. The lowest BCUT2D eigenvalue weighted by Gasteiger charge is -2.20. The van der Waals surface area contributed by atoms with E-state index in [9.17, 15) is 19.7 Å². The van der Waals surface area contributed by atoms with Gasteiger partial charge in [-0.1, -0.05) is 0 Å². The van der Waals surface area contributed by atoms with Gasteiger partial charge in [0.25, 0.3) is 11.6 Å². The molecule has 2 aromatic rings. The molecule has 9 heteroatoms. The number of hydrogen-bond acceptors (Lipinski definition) is 5. The van der Waals surface area contributed by atoms with Crippen LogP contribution in [0.2, 0.25) is 0 Å². The molecule has 1 aromatic carbocycles. The smallest absolute Gasteiger partial charge is 0.326 e. The number of carbonyl (C=O) groups is 2. The Hall–Kier alpha value is -3.23. The molecule has 0 spiro atoms. The predicted molar refractivity (Wildman–Crippen MR) is 81.9 cm³/mol. The second-order valence-electron chi connectivity index (χ2n) is 5.41. The number of hydrogen-bond donors (Lipinski definition) is 1. The second-order valence-corrected chi connectivity index (χ2v) is 5.41. The zero-order chi connectivity index (χ0) is 17.3. The van der Waals surface area contributed by atoms with Crippen LogP contribution in [0.5, 0.6) is 0 Å². The quantitative estimate of drug-likeness (QED) is 0.670. The summed E-state index contributed by atoms with van der Waals surface area (Å²) in [5.41, 5.74) is 0.668. The number of carboxylic acid groups (broad SMARTS) is 1. The van der Waals surface area contributed by atoms with Gasteiger partial charge in [0, 0.05) is 24.9 Å². The first-order valence-electron chi connectivity index (χ1n) is 7.31. The van der Waals surface area contributed by atoms with Crippen molar-refractivity contribution >= 4 is 17.6 Å². The van der Waals surface area contributed by atoms with Crippen molar-refractivity contribution in [2.75, 3.05) is 6.54 Å². The monoisotopic (exact) mass is 330 g/mol. The average Bonchev–Trinajstić information content (AvgIpc) is 3.24. The first-order valence-corrected chi connectivity index (χ1v) is 7.31. The highest BCUT2D eigenvalue weighted by atomic mass is 16.6. The first kappa shape index (κ1) is 15.7. The molecule has 24 heavy (non-hydrogen) atoms. The molecule has 1 aromatic heterocycles. The van der Waals surface area contributed by atoms with Crippen molar-refractivity contribution in [1.29, 1.82) is 0 Å². The third kappa shape index (κ3) is 2.83. The van der Waals surface area contributed by atoms with Crippen LogP contribution in [0, 0.1) is 10.1 Å². The Kier molecular flexibility index (Phi) is 3.98. The fourth-order valence-corrected chi connectivity index (χ4v) is 2.72. The topological polar surface area (TPSA) is 119 Å². The van der Waals surface area contributed by atoms with Crippen LogP contribution in [-0.4, -0.2) is 49.2 Å². The number of benzene rings is 1. The van der Waals surface area contributed by atoms with Gasteiger partial charge in [-0.2, -0.15) is 5.10 Å². The van der Waals surface area contributed by atoms with Gasteiger partial charge in [0.15, 0.2) is 5.69 Å². The molecule has 1 saturated heterocycles. The van der Waals surface area contributed by atoms with Gasteiger partial charge in [0.05, 0.1) is 10.6 Å². The molecule has 124 valence electrons. The van der Waals surface area contributed by atoms with Crippen LogP contribution in [0.3, 0.4) is 0 Å². The summed E-state index contributed by atoms with van der Waals surface area (Å²) in [6.45, 7) is 0.389. The number of nitro benzene ring substituents is 1. The van der Waals surface area contributed by atoms with E-state index in [1.807, 2.05) is 0 Å². The number of likely N-dealkylation sites (tertiary alicyclic amines) is 1. The molecule has 0 aliphatic carbocycles. The zero-order valence-electron chi connectivity index (χ0n) is 12.5. The second kappa shape index (κ2) is 6.11. The van der Waals surface area contributed by atoms with Crippen LogP contribution in [0.15, 0.2) is 36.5 Å². The summed E-state index contributed by atoms with van der Waals surface area (Å²) < 4.78 is 1.42. The van der Waals surface area contributed by atoms with Crippen LogP contribution in [-0.2, 0) is 4.79 Å². The van der Waals surface area contributed by atoms with E-state index >= 15 is 0 Å². The molecular formula is C15H14N4O5. The van der Waals surface area contributed by atoms with Gasteiger partial charge in [-0.3, -0.25) is 14.9 Å². The van der Waals surface area contributed by atoms with Gasteiger partial charge in [0.1, 0.15) is 6.04 Å². The van der Waals surface area contributed by atoms with Crippen molar-refractivity contribution in [1.82, 2.24) is 14.7 Å². The molecule has 1 amide bonds. The fourth-order valence-electron chi connectivity index (χ4n) is 2.72. The standard InChI is InChI=1S/C15H14N4O5/c20-14(17-8-1-2-13(17)15(21)22)12-7-9-18(16-12)10-3-5-11(6-4-10)19(23)24/h3-7,9,13H,1-2,8H2,(H,21,22)/t13-/m0/s1. The maximum Gasteiger partial charge on any atom is 0.326 e. The van der Waals surface area contributed by atoms with E-state index in [2.05, 4.69) is 5.10 Å². The maximum absolute atomic E-state index is 12.4. The van der Waals surface area contributed by atoms with Gasteiger partial charge in [-0.25, -0.2) is 9.48 Å². The minimum Gasteiger partial charge on any atom is -0.480 e. The number of aromatic nitrogens is 2. The number of carboxylic acids is 1. The number of nitrogens with zero attached hydrogens (tertiary/aromatic N) is 4. The summed E-state index contributed by atoms with van der Waals surface area (Å²) >= 11 is 0. The van der Waals surface area contributed by atoms with E-state index < -0.39 is 22.8 Å². The molecule has 1 fully saturated rings. The predicted octanol–water partition coefficient (Wildman–Crippen LogP) is 1.47. The number of rotatable bonds is 4.